The molecule has 1 fully saturated rings. The Morgan fingerprint density at radius 1 is 1.27 bits per heavy atom. The molecule has 0 bridgehead atoms. The highest BCUT2D eigenvalue weighted by molar-refractivity contribution is 5.99. The van der Waals surface area contributed by atoms with Gasteiger partial charge >= 0.3 is 0 Å². The largest absolute Gasteiger partial charge is 0.490 e. The third-order valence-corrected chi connectivity index (χ3v) is 4.72. The van der Waals surface area contributed by atoms with Crippen LogP contribution in [0.1, 0.15) is 31.0 Å². The fourth-order valence-corrected chi connectivity index (χ4v) is 3.53. The minimum absolute atomic E-state index is 0.757. The summed E-state index contributed by atoms with van der Waals surface area (Å²) in [5, 5.41) is 4.58. The first-order valence-electron chi connectivity index (χ1n) is 8.41. The first-order valence-corrected chi connectivity index (χ1v) is 8.41. The molecule has 2 aromatic rings. The van der Waals surface area contributed by atoms with Crippen molar-refractivity contribution >= 4 is 16.6 Å². The number of likely N-dealkylation sites (tertiary alicyclic amines) is 1. The molecule has 0 spiro atoms. The van der Waals surface area contributed by atoms with Crippen molar-refractivity contribution in [3.05, 3.63) is 23.4 Å². The van der Waals surface area contributed by atoms with E-state index in [1.54, 1.807) is 0 Å². The number of nitrogens with one attached hydrogen (secondary N) is 2. The predicted octanol–water partition coefficient (Wildman–Crippen LogP) is 3.56. The van der Waals surface area contributed by atoms with Gasteiger partial charge < -0.3 is 15.0 Å². The van der Waals surface area contributed by atoms with Crippen molar-refractivity contribution in [2.24, 2.45) is 0 Å². The van der Waals surface area contributed by atoms with Crippen LogP contribution >= 0.6 is 0 Å². The van der Waals surface area contributed by atoms with Gasteiger partial charge in [-0.05, 0) is 57.0 Å². The van der Waals surface area contributed by atoms with Crippen LogP contribution in [-0.2, 0) is 6.42 Å². The molecule has 0 unspecified atom stereocenters. The van der Waals surface area contributed by atoms with Crippen LogP contribution < -0.4 is 10.1 Å². The van der Waals surface area contributed by atoms with E-state index in [-0.39, 0.29) is 0 Å². The number of benzene rings is 1. The van der Waals surface area contributed by atoms with E-state index in [4.69, 9.17) is 4.74 Å². The zero-order chi connectivity index (χ0) is 15.5. The van der Waals surface area contributed by atoms with Crippen LogP contribution in [0.3, 0.4) is 0 Å². The number of nitrogens with zero attached hydrogens (tertiary/aromatic N) is 1. The Hall–Kier alpha value is -1.68. The average molecular weight is 301 g/mol. The van der Waals surface area contributed by atoms with Crippen LogP contribution in [-0.4, -0.2) is 43.2 Å². The summed E-state index contributed by atoms with van der Waals surface area (Å²) in [6.07, 6.45) is 3.69. The van der Waals surface area contributed by atoms with Gasteiger partial charge in [0.05, 0.1) is 5.52 Å². The Balaban J connectivity index is 1.83. The maximum absolute atomic E-state index is 6.09. The van der Waals surface area contributed by atoms with Gasteiger partial charge in [0.2, 0.25) is 0 Å². The summed E-state index contributed by atoms with van der Waals surface area (Å²) in [7, 11) is 1.98. The second-order valence-corrected chi connectivity index (χ2v) is 6.09. The summed E-state index contributed by atoms with van der Waals surface area (Å²) in [4.78, 5) is 6.00. The molecule has 2 N–H and O–H groups in total. The second kappa shape index (κ2) is 6.61. The Labute approximate surface area is 132 Å². The Bertz CT molecular complexity index is 641. The Morgan fingerprint density at radius 2 is 2.05 bits per heavy atom. The summed E-state index contributed by atoms with van der Waals surface area (Å²) in [6, 6.07) is 4.20. The summed E-state index contributed by atoms with van der Waals surface area (Å²) in [5.74, 6) is 0.969. The molecule has 22 heavy (non-hydrogen) atoms. The minimum atomic E-state index is 0.757. The fraction of sp³-hybridized carbons (Fsp3) is 0.556. The Morgan fingerprint density at radius 3 is 2.73 bits per heavy atom. The number of H-pyrrole nitrogens is 1. The Kier molecular flexibility index (Phi) is 4.57. The summed E-state index contributed by atoms with van der Waals surface area (Å²) in [5.41, 5.74) is 4.92. The molecule has 120 valence electrons. The normalized spacial score (nSPS) is 15.6. The third kappa shape index (κ3) is 2.80. The lowest BCUT2D eigenvalue weighted by Gasteiger charge is -2.16. The first-order chi connectivity index (χ1) is 10.7. The molecular weight excluding hydrogens is 274 g/mol. The van der Waals surface area contributed by atoms with Gasteiger partial charge in [0.25, 0.3) is 0 Å². The lowest BCUT2D eigenvalue weighted by atomic mass is 10.1. The molecule has 0 aliphatic carbocycles. The van der Waals surface area contributed by atoms with Crippen LogP contribution in [0.15, 0.2) is 12.1 Å². The number of fused-ring (bicyclic) bond motifs is 1. The maximum Gasteiger partial charge on any atom is 0.143 e. The standard InChI is InChI=1S/C18H27N3O/c1-4-14-13(2)20-18-16(8-7-15(19-3)17(14)18)22-12-11-21-9-5-6-10-21/h7-8,19-20H,4-6,9-12H2,1-3H3. The van der Waals surface area contributed by atoms with E-state index in [9.17, 15) is 0 Å². The van der Waals surface area contributed by atoms with Gasteiger partial charge in [-0.25, -0.2) is 0 Å². The van der Waals surface area contributed by atoms with Crippen molar-refractivity contribution in [2.45, 2.75) is 33.1 Å². The number of ether oxygens (including phenoxy) is 1. The van der Waals surface area contributed by atoms with Crippen LogP contribution in [0.2, 0.25) is 0 Å². The molecule has 0 amide bonds. The van der Waals surface area contributed by atoms with Gasteiger partial charge in [0.1, 0.15) is 12.4 Å². The van der Waals surface area contributed by atoms with Crippen LogP contribution in [0, 0.1) is 6.92 Å². The van der Waals surface area contributed by atoms with Gasteiger partial charge in [-0.1, -0.05) is 6.92 Å². The molecule has 1 saturated heterocycles. The van der Waals surface area contributed by atoms with Crippen LogP contribution in [0.25, 0.3) is 10.9 Å². The number of rotatable bonds is 6. The number of aromatic amines is 1. The van der Waals surface area contributed by atoms with Gasteiger partial charge in [0, 0.05) is 30.4 Å². The quantitative estimate of drug-likeness (QED) is 0.857. The second-order valence-electron chi connectivity index (χ2n) is 6.09. The summed E-state index contributed by atoms with van der Waals surface area (Å²) in [6.45, 7) is 8.57. The molecule has 4 heteroatoms. The molecule has 0 radical (unpaired) electrons. The number of hydrogen-bond acceptors (Lipinski definition) is 3. The highest BCUT2D eigenvalue weighted by Crippen LogP contribution is 2.35. The highest BCUT2D eigenvalue weighted by atomic mass is 16.5. The maximum atomic E-state index is 6.09. The van der Waals surface area contributed by atoms with E-state index in [0.29, 0.717) is 0 Å². The van der Waals surface area contributed by atoms with Crippen molar-refractivity contribution in [3.8, 4) is 5.75 Å². The third-order valence-electron chi connectivity index (χ3n) is 4.72. The van der Waals surface area contributed by atoms with Gasteiger partial charge in [0.15, 0.2) is 0 Å². The smallest absolute Gasteiger partial charge is 0.143 e. The van der Waals surface area contributed by atoms with E-state index in [1.807, 2.05) is 7.05 Å². The molecule has 1 aliphatic heterocycles. The number of aryl methyl sites for hydroxylation is 2. The lowest BCUT2D eigenvalue weighted by molar-refractivity contribution is 0.239. The van der Waals surface area contributed by atoms with E-state index in [1.165, 1.54) is 48.3 Å². The molecule has 0 atom stereocenters. The zero-order valence-corrected chi connectivity index (χ0v) is 14.0. The monoisotopic (exact) mass is 301 g/mol. The SMILES string of the molecule is CCc1c(C)[nH]c2c(OCCN3CCCC3)ccc(NC)c12. The van der Waals surface area contributed by atoms with E-state index < -0.39 is 0 Å². The van der Waals surface area contributed by atoms with Gasteiger partial charge in [-0.2, -0.15) is 0 Å². The van der Waals surface area contributed by atoms with Gasteiger partial charge in [-0.15, -0.1) is 0 Å². The van der Waals surface area contributed by atoms with E-state index in [0.717, 1.165) is 30.8 Å². The predicted molar refractivity (Wildman–Crippen MR) is 93.1 cm³/mol. The molecular formula is C18H27N3O. The molecule has 2 heterocycles. The summed E-state index contributed by atoms with van der Waals surface area (Å²) < 4.78 is 6.09. The number of anilines is 1. The number of hydrogen-bond donors (Lipinski definition) is 2. The highest BCUT2D eigenvalue weighted by Gasteiger charge is 2.15. The fourth-order valence-electron chi connectivity index (χ4n) is 3.53. The molecule has 1 aromatic heterocycles. The molecule has 0 saturated carbocycles. The first kappa shape index (κ1) is 15.2. The van der Waals surface area contributed by atoms with Crippen LogP contribution in [0.5, 0.6) is 5.75 Å². The van der Waals surface area contributed by atoms with Crippen molar-refractivity contribution in [2.75, 3.05) is 38.6 Å². The number of aromatic nitrogens is 1. The van der Waals surface area contributed by atoms with Crippen molar-refractivity contribution < 1.29 is 4.74 Å². The molecule has 3 rings (SSSR count). The molecule has 4 nitrogen and oxygen atoms in total. The molecule has 1 aromatic carbocycles. The molecule has 1 aliphatic rings. The van der Waals surface area contributed by atoms with Crippen molar-refractivity contribution in [1.29, 1.82) is 0 Å². The lowest BCUT2D eigenvalue weighted by Crippen LogP contribution is -2.25. The van der Waals surface area contributed by atoms with Crippen LogP contribution in [0.4, 0.5) is 5.69 Å². The summed E-state index contributed by atoms with van der Waals surface area (Å²) >= 11 is 0. The van der Waals surface area contributed by atoms with E-state index >= 15 is 0 Å². The van der Waals surface area contributed by atoms with Gasteiger partial charge in [-0.3, -0.25) is 4.90 Å². The topological polar surface area (TPSA) is 40.3 Å². The zero-order valence-electron chi connectivity index (χ0n) is 14.0. The van der Waals surface area contributed by atoms with E-state index in [2.05, 4.69) is 41.2 Å². The van der Waals surface area contributed by atoms with Crippen molar-refractivity contribution in [3.63, 3.8) is 0 Å². The van der Waals surface area contributed by atoms with Crippen molar-refractivity contribution in [1.82, 2.24) is 9.88 Å². The minimum Gasteiger partial charge on any atom is -0.490 e. The average Bonchev–Trinajstić information content (AvgIpc) is 3.14.